The molecule has 0 spiro atoms. The summed E-state index contributed by atoms with van der Waals surface area (Å²) in [6.45, 7) is 1.99. The van der Waals surface area contributed by atoms with Gasteiger partial charge < -0.3 is 10.1 Å². The highest BCUT2D eigenvalue weighted by Gasteiger charge is 2.15. The largest absolute Gasteiger partial charge is 0.388 e. The van der Waals surface area contributed by atoms with E-state index < -0.39 is 0 Å². The molecule has 1 heterocycles. The van der Waals surface area contributed by atoms with Crippen molar-refractivity contribution < 1.29 is 9.59 Å². The lowest BCUT2D eigenvalue weighted by Crippen LogP contribution is -2.15. The molecule has 3 rings (SSSR count). The van der Waals surface area contributed by atoms with E-state index in [0.29, 0.717) is 16.8 Å². The zero-order valence-corrected chi connectivity index (χ0v) is 15.2. The van der Waals surface area contributed by atoms with Gasteiger partial charge in [0, 0.05) is 42.0 Å². The average molecular weight is 360 g/mol. The van der Waals surface area contributed by atoms with Crippen LogP contribution in [0.15, 0.2) is 54.7 Å². The van der Waals surface area contributed by atoms with E-state index in [4.69, 9.17) is 0 Å². The van der Waals surface area contributed by atoms with Gasteiger partial charge in [0.1, 0.15) is 6.29 Å². The molecule has 0 saturated carbocycles. The molecule has 1 aromatic heterocycles. The molecule has 2 aromatic carbocycles. The second kappa shape index (κ2) is 8.23. The molecular weight excluding hydrogens is 340 g/mol. The Hall–Kier alpha value is -3.54. The van der Waals surface area contributed by atoms with Crippen molar-refractivity contribution >= 4 is 23.8 Å². The Balaban J connectivity index is 2.02. The van der Waals surface area contributed by atoms with Crippen LogP contribution < -0.4 is 10.6 Å². The monoisotopic (exact) mass is 360 g/mol. The van der Waals surface area contributed by atoms with E-state index in [2.05, 4.69) is 20.6 Å². The molecule has 2 N–H and O–H groups in total. The second-order valence-corrected chi connectivity index (χ2v) is 6.06. The Morgan fingerprint density at radius 2 is 1.93 bits per heavy atom. The molecule has 1 amide bonds. The Morgan fingerprint density at radius 1 is 1.15 bits per heavy atom. The van der Waals surface area contributed by atoms with Crippen LogP contribution in [0.5, 0.6) is 0 Å². The number of hydrogen-bond acceptors (Lipinski definition) is 5. The van der Waals surface area contributed by atoms with Gasteiger partial charge in [-0.05, 0) is 31.2 Å². The van der Waals surface area contributed by atoms with E-state index in [1.165, 1.54) is 0 Å². The van der Waals surface area contributed by atoms with Gasteiger partial charge in [-0.15, -0.1) is 0 Å². The molecule has 0 bridgehead atoms. The average Bonchev–Trinajstić information content (AvgIpc) is 2.70. The van der Waals surface area contributed by atoms with Crippen molar-refractivity contribution in [3.63, 3.8) is 0 Å². The van der Waals surface area contributed by atoms with E-state index in [1.54, 1.807) is 30.5 Å². The molecule has 0 saturated heterocycles. The van der Waals surface area contributed by atoms with Gasteiger partial charge in [0.05, 0.1) is 5.69 Å². The summed E-state index contributed by atoms with van der Waals surface area (Å²) in [5.74, 6) is -0.0974. The summed E-state index contributed by atoms with van der Waals surface area (Å²) in [5.41, 5.74) is 4.64. The number of amides is 1. The third-order valence-electron chi connectivity index (χ3n) is 4.13. The van der Waals surface area contributed by atoms with Crippen LogP contribution in [0.2, 0.25) is 0 Å². The highest BCUT2D eigenvalue weighted by Crippen LogP contribution is 2.30. The lowest BCUT2D eigenvalue weighted by molar-refractivity contribution is -0.107. The number of carbonyl (C=O) groups excluding carboxylic acids is 2. The SMILES string of the molecule is CNc1ccc(C)cc1-c1nc(NC(=O)c2ccccc2)ncc1CC=O. The molecular formula is C21H20N4O2. The first-order chi connectivity index (χ1) is 13.1. The summed E-state index contributed by atoms with van der Waals surface area (Å²) in [6, 6.07) is 14.8. The van der Waals surface area contributed by atoms with Crippen molar-refractivity contribution in [1.29, 1.82) is 0 Å². The van der Waals surface area contributed by atoms with Gasteiger partial charge in [0.15, 0.2) is 0 Å². The first-order valence-corrected chi connectivity index (χ1v) is 8.57. The van der Waals surface area contributed by atoms with Crippen LogP contribution >= 0.6 is 0 Å². The number of aromatic nitrogens is 2. The summed E-state index contributed by atoms with van der Waals surface area (Å²) in [4.78, 5) is 32.2. The minimum Gasteiger partial charge on any atom is -0.388 e. The third kappa shape index (κ3) is 4.17. The highest BCUT2D eigenvalue weighted by atomic mass is 16.1. The van der Waals surface area contributed by atoms with Crippen LogP contribution in [0.4, 0.5) is 11.6 Å². The zero-order chi connectivity index (χ0) is 19.2. The van der Waals surface area contributed by atoms with E-state index in [0.717, 1.165) is 23.1 Å². The molecule has 6 nitrogen and oxygen atoms in total. The Labute approximate surface area is 157 Å². The number of rotatable bonds is 6. The molecule has 6 heteroatoms. The summed E-state index contributed by atoms with van der Waals surface area (Å²) < 4.78 is 0. The smallest absolute Gasteiger partial charge is 0.258 e. The van der Waals surface area contributed by atoms with Gasteiger partial charge >= 0.3 is 0 Å². The summed E-state index contributed by atoms with van der Waals surface area (Å²) in [6.07, 6.45) is 2.59. The van der Waals surface area contributed by atoms with Crippen LogP contribution in [-0.2, 0) is 11.2 Å². The van der Waals surface area contributed by atoms with E-state index >= 15 is 0 Å². The number of benzene rings is 2. The molecule has 27 heavy (non-hydrogen) atoms. The Bertz CT molecular complexity index is 971. The van der Waals surface area contributed by atoms with Crippen molar-refractivity contribution in [3.8, 4) is 11.3 Å². The third-order valence-corrected chi connectivity index (χ3v) is 4.13. The highest BCUT2D eigenvalue weighted by molar-refractivity contribution is 6.03. The van der Waals surface area contributed by atoms with Gasteiger partial charge in [-0.25, -0.2) is 9.97 Å². The molecule has 0 aliphatic rings. The molecule has 0 unspecified atom stereocenters. The van der Waals surface area contributed by atoms with E-state index in [-0.39, 0.29) is 18.3 Å². The Morgan fingerprint density at radius 3 is 2.63 bits per heavy atom. The maximum Gasteiger partial charge on any atom is 0.258 e. The van der Waals surface area contributed by atoms with Crippen LogP contribution in [-0.4, -0.2) is 29.2 Å². The molecule has 0 aliphatic heterocycles. The van der Waals surface area contributed by atoms with E-state index in [1.807, 2.05) is 38.2 Å². The number of nitrogens with zero attached hydrogens (tertiary/aromatic N) is 2. The van der Waals surface area contributed by atoms with E-state index in [9.17, 15) is 9.59 Å². The molecule has 3 aromatic rings. The number of hydrogen-bond donors (Lipinski definition) is 2. The van der Waals surface area contributed by atoms with Gasteiger partial charge in [-0.1, -0.05) is 29.8 Å². The number of carbonyl (C=O) groups is 2. The lowest BCUT2D eigenvalue weighted by atomic mass is 10.0. The van der Waals surface area contributed by atoms with Crippen LogP contribution in [0.3, 0.4) is 0 Å². The zero-order valence-electron chi connectivity index (χ0n) is 15.2. The van der Waals surface area contributed by atoms with Gasteiger partial charge in [-0.2, -0.15) is 0 Å². The molecule has 136 valence electrons. The van der Waals surface area contributed by atoms with Crippen LogP contribution in [0.1, 0.15) is 21.5 Å². The molecule has 0 radical (unpaired) electrons. The quantitative estimate of drug-likeness (QED) is 0.658. The minimum absolute atomic E-state index is 0.192. The molecule has 0 aliphatic carbocycles. The fourth-order valence-corrected chi connectivity index (χ4v) is 2.77. The second-order valence-electron chi connectivity index (χ2n) is 6.06. The number of aryl methyl sites for hydroxylation is 1. The van der Waals surface area contributed by atoms with Gasteiger partial charge in [-0.3, -0.25) is 10.1 Å². The lowest BCUT2D eigenvalue weighted by Gasteiger charge is -2.14. The topological polar surface area (TPSA) is 84.0 Å². The first-order valence-electron chi connectivity index (χ1n) is 8.57. The fourth-order valence-electron chi connectivity index (χ4n) is 2.77. The van der Waals surface area contributed by atoms with Gasteiger partial charge in [0.25, 0.3) is 5.91 Å². The Kier molecular flexibility index (Phi) is 5.56. The van der Waals surface area contributed by atoms with Crippen molar-refractivity contribution in [2.45, 2.75) is 13.3 Å². The van der Waals surface area contributed by atoms with Crippen LogP contribution in [0.25, 0.3) is 11.3 Å². The van der Waals surface area contributed by atoms with Crippen molar-refractivity contribution in [2.75, 3.05) is 17.7 Å². The first kappa shape index (κ1) is 18.3. The number of anilines is 2. The predicted octanol–water partition coefficient (Wildman–Crippen LogP) is 3.49. The van der Waals surface area contributed by atoms with Crippen molar-refractivity contribution in [3.05, 3.63) is 71.4 Å². The summed E-state index contributed by atoms with van der Waals surface area (Å²) >= 11 is 0. The number of nitrogens with one attached hydrogen (secondary N) is 2. The molecule has 0 fully saturated rings. The van der Waals surface area contributed by atoms with Crippen molar-refractivity contribution in [2.24, 2.45) is 0 Å². The number of aldehydes is 1. The van der Waals surface area contributed by atoms with Gasteiger partial charge in [0.2, 0.25) is 5.95 Å². The van der Waals surface area contributed by atoms with Crippen molar-refractivity contribution in [1.82, 2.24) is 9.97 Å². The standard InChI is InChI=1S/C21H20N4O2/c1-14-8-9-18(22-2)17(12-14)19-16(10-11-26)13-23-21(24-19)25-20(27)15-6-4-3-5-7-15/h3-9,11-13,22H,10H2,1-2H3,(H,23,24,25,27). The minimum atomic E-state index is -0.289. The summed E-state index contributed by atoms with van der Waals surface area (Å²) in [5, 5.41) is 5.86. The van der Waals surface area contributed by atoms with Crippen LogP contribution in [0, 0.1) is 6.92 Å². The predicted molar refractivity (Wildman–Crippen MR) is 106 cm³/mol. The normalized spacial score (nSPS) is 10.3. The fraction of sp³-hybridized carbons (Fsp3) is 0.143. The maximum atomic E-state index is 12.4. The molecule has 0 atom stereocenters. The maximum absolute atomic E-state index is 12.4. The summed E-state index contributed by atoms with van der Waals surface area (Å²) in [7, 11) is 1.83.